The molecule has 220 valence electrons. The van der Waals surface area contributed by atoms with Gasteiger partial charge in [0.2, 0.25) is 0 Å². The van der Waals surface area contributed by atoms with Crippen molar-refractivity contribution >= 4 is 82.5 Å². The summed E-state index contributed by atoms with van der Waals surface area (Å²) in [5, 5.41) is 9.18. The summed E-state index contributed by atoms with van der Waals surface area (Å²) >= 11 is 0. The molecule has 1 aliphatic carbocycles. The number of hydrogen-bond donors (Lipinski definition) is 0. The molecule has 0 unspecified atom stereocenters. The van der Waals surface area contributed by atoms with Crippen molar-refractivity contribution in [3.05, 3.63) is 139 Å². The SMILES string of the molecule is c1ccc(N(c2cc3c4cc5ccccc5cc4oc3c3ccccc23)c2cccc3c2oc2c(C4CCCC4)cccc23)cc1. The lowest BCUT2D eigenvalue weighted by Crippen LogP contribution is -2.10. The summed E-state index contributed by atoms with van der Waals surface area (Å²) in [7, 11) is 0. The number of hydrogen-bond acceptors (Lipinski definition) is 3. The van der Waals surface area contributed by atoms with Gasteiger partial charge in [0.25, 0.3) is 0 Å². The Labute approximate surface area is 266 Å². The summed E-state index contributed by atoms with van der Waals surface area (Å²) in [5.41, 5.74) is 8.33. The normalized spacial score (nSPS) is 14.1. The van der Waals surface area contributed by atoms with E-state index in [1.807, 2.05) is 0 Å². The third-order valence-electron chi connectivity index (χ3n) is 10.1. The molecule has 0 amide bonds. The predicted molar refractivity (Wildman–Crippen MR) is 192 cm³/mol. The van der Waals surface area contributed by atoms with Crippen LogP contribution in [0.15, 0.2) is 142 Å². The van der Waals surface area contributed by atoms with Crippen molar-refractivity contribution in [1.82, 2.24) is 0 Å². The summed E-state index contributed by atoms with van der Waals surface area (Å²) in [4.78, 5) is 2.38. The van der Waals surface area contributed by atoms with Crippen LogP contribution in [0.2, 0.25) is 0 Å². The third kappa shape index (κ3) is 3.78. The molecule has 3 nitrogen and oxygen atoms in total. The Hall–Kier alpha value is -5.54. The quantitative estimate of drug-likeness (QED) is 0.203. The molecule has 3 heteroatoms. The second-order valence-corrected chi connectivity index (χ2v) is 12.7. The fourth-order valence-corrected chi connectivity index (χ4v) is 8.00. The van der Waals surface area contributed by atoms with Crippen LogP contribution in [0.1, 0.15) is 37.2 Å². The molecule has 7 aromatic carbocycles. The van der Waals surface area contributed by atoms with Crippen molar-refractivity contribution in [3.8, 4) is 0 Å². The number of furan rings is 2. The van der Waals surface area contributed by atoms with E-state index in [9.17, 15) is 0 Å². The van der Waals surface area contributed by atoms with E-state index in [4.69, 9.17) is 8.83 Å². The van der Waals surface area contributed by atoms with Crippen molar-refractivity contribution in [3.63, 3.8) is 0 Å². The van der Waals surface area contributed by atoms with Gasteiger partial charge in [-0.1, -0.05) is 110 Å². The Morgan fingerprint density at radius 3 is 1.93 bits per heavy atom. The van der Waals surface area contributed by atoms with E-state index in [1.165, 1.54) is 47.4 Å². The minimum absolute atomic E-state index is 0.565. The lowest BCUT2D eigenvalue weighted by atomic mass is 9.95. The number of benzene rings is 7. The molecule has 0 bridgehead atoms. The molecular formula is C43H31NO2. The van der Waals surface area contributed by atoms with Crippen molar-refractivity contribution in [1.29, 1.82) is 0 Å². The zero-order chi connectivity index (χ0) is 30.2. The summed E-state index contributed by atoms with van der Waals surface area (Å²) < 4.78 is 13.6. The molecule has 1 saturated carbocycles. The molecule has 46 heavy (non-hydrogen) atoms. The highest BCUT2D eigenvalue weighted by Gasteiger charge is 2.26. The van der Waals surface area contributed by atoms with Crippen molar-refractivity contribution in [2.75, 3.05) is 4.90 Å². The minimum Gasteiger partial charge on any atom is -0.455 e. The Morgan fingerprint density at radius 2 is 1.11 bits per heavy atom. The van der Waals surface area contributed by atoms with Crippen LogP contribution in [0.25, 0.3) is 65.4 Å². The summed E-state index contributed by atoms with van der Waals surface area (Å²) in [6.07, 6.45) is 5.06. The molecule has 0 spiro atoms. The first-order chi connectivity index (χ1) is 22.8. The predicted octanol–water partition coefficient (Wildman–Crippen LogP) is 12.9. The van der Waals surface area contributed by atoms with Gasteiger partial charge in [-0.25, -0.2) is 0 Å². The molecule has 0 saturated heterocycles. The zero-order valence-corrected chi connectivity index (χ0v) is 25.4. The number of nitrogens with zero attached hydrogens (tertiary/aromatic N) is 1. The highest BCUT2D eigenvalue weighted by molar-refractivity contribution is 6.22. The third-order valence-corrected chi connectivity index (χ3v) is 10.1. The maximum absolute atomic E-state index is 6.99. The summed E-state index contributed by atoms with van der Waals surface area (Å²) in [6, 6.07) is 47.8. The lowest BCUT2D eigenvalue weighted by Gasteiger charge is -2.27. The van der Waals surface area contributed by atoms with E-state index in [2.05, 4.69) is 138 Å². The van der Waals surface area contributed by atoms with Crippen LogP contribution in [-0.4, -0.2) is 0 Å². The first-order valence-electron chi connectivity index (χ1n) is 16.4. The van der Waals surface area contributed by atoms with Gasteiger partial charge < -0.3 is 13.7 Å². The van der Waals surface area contributed by atoms with E-state index in [1.54, 1.807) is 0 Å². The molecule has 2 heterocycles. The van der Waals surface area contributed by atoms with Gasteiger partial charge in [0.15, 0.2) is 5.58 Å². The minimum atomic E-state index is 0.565. The van der Waals surface area contributed by atoms with Crippen LogP contribution in [-0.2, 0) is 0 Å². The van der Waals surface area contributed by atoms with Gasteiger partial charge in [-0.05, 0) is 71.5 Å². The fraction of sp³-hybridized carbons (Fsp3) is 0.116. The number of anilines is 3. The Bertz CT molecular complexity index is 2600. The van der Waals surface area contributed by atoms with Crippen molar-refractivity contribution < 1.29 is 8.83 Å². The topological polar surface area (TPSA) is 29.5 Å². The zero-order valence-electron chi connectivity index (χ0n) is 25.4. The van der Waals surface area contributed by atoms with Gasteiger partial charge in [0.1, 0.15) is 16.7 Å². The number of rotatable bonds is 4. The second kappa shape index (κ2) is 9.98. The fourth-order valence-electron chi connectivity index (χ4n) is 8.00. The average molecular weight is 594 g/mol. The maximum Gasteiger partial charge on any atom is 0.159 e. The van der Waals surface area contributed by atoms with Crippen LogP contribution >= 0.6 is 0 Å². The van der Waals surface area contributed by atoms with E-state index < -0.39 is 0 Å². The highest BCUT2D eigenvalue weighted by Crippen LogP contribution is 2.48. The van der Waals surface area contributed by atoms with Crippen LogP contribution in [0.4, 0.5) is 17.1 Å². The van der Waals surface area contributed by atoms with Gasteiger partial charge in [-0.2, -0.15) is 0 Å². The number of para-hydroxylation sites is 3. The van der Waals surface area contributed by atoms with Gasteiger partial charge in [0.05, 0.1) is 11.4 Å². The van der Waals surface area contributed by atoms with E-state index in [0.29, 0.717) is 5.92 Å². The highest BCUT2D eigenvalue weighted by atomic mass is 16.3. The molecule has 0 radical (unpaired) electrons. The van der Waals surface area contributed by atoms with E-state index in [0.717, 1.165) is 66.3 Å². The second-order valence-electron chi connectivity index (χ2n) is 12.7. The monoisotopic (exact) mass is 593 g/mol. The standard InChI is InChI=1S/C43H31NO2/c1-2-16-30(17-3-1)44(38-23-11-22-35-34-21-10-20-31(27-12-4-5-13-27)41(34)46-43(35)38)39-26-37-36-24-28-14-6-7-15-29(28)25-40(36)45-42(37)33-19-9-8-18-32(33)39/h1-3,6-11,14-27H,4-5,12-13H2. The van der Waals surface area contributed by atoms with Crippen LogP contribution in [0, 0.1) is 0 Å². The average Bonchev–Trinajstić information content (AvgIpc) is 3.86. The number of fused-ring (bicyclic) bond motifs is 9. The molecular weight excluding hydrogens is 562 g/mol. The largest absolute Gasteiger partial charge is 0.455 e. The summed E-state index contributed by atoms with van der Waals surface area (Å²) in [5.74, 6) is 0.565. The Kier molecular flexibility index (Phi) is 5.59. The molecule has 2 aromatic heterocycles. The van der Waals surface area contributed by atoms with Crippen LogP contribution in [0.5, 0.6) is 0 Å². The first-order valence-corrected chi connectivity index (χ1v) is 16.4. The molecule has 9 aromatic rings. The van der Waals surface area contributed by atoms with E-state index >= 15 is 0 Å². The molecule has 1 aliphatic rings. The van der Waals surface area contributed by atoms with Gasteiger partial charge in [-0.3, -0.25) is 0 Å². The molecule has 0 aliphatic heterocycles. The van der Waals surface area contributed by atoms with Crippen molar-refractivity contribution in [2.45, 2.75) is 31.6 Å². The van der Waals surface area contributed by atoms with Gasteiger partial charge in [0, 0.05) is 38.0 Å². The first kappa shape index (κ1) is 25.8. The summed E-state index contributed by atoms with van der Waals surface area (Å²) in [6.45, 7) is 0. The Morgan fingerprint density at radius 1 is 0.457 bits per heavy atom. The molecule has 0 atom stereocenters. The van der Waals surface area contributed by atoms with Crippen LogP contribution < -0.4 is 4.90 Å². The molecule has 10 rings (SSSR count). The smallest absolute Gasteiger partial charge is 0.159 e. The van der Waals surface area contributed by atoms with Gasteiger partial charge >= 0.3 is 0 Å². The van der Waals surface area contributed by atoms with Crippen LogP contribution in [0.3, 0.4) is 0 Å². The van der Waals surface area contributed by atoms with E-state index in [-0.39, 0.29) is 0 Å². The van der Waals surface area contributed by atoms with Crippen molar-refractivity contribution in [2.24, 2.45) is 0 Å². The molecule has 0 N–H and O–H groups in total. The van der Waals surface area contributed by atoms with Gasteiger partial charge in [-0.15, -0.1) is 0 Å². The molecule has 1 fully saturated rings. The Balaban J connectivity index is 1.29. The lowest BCUT2D eigenvalue weighted by molar-refractivity contribution is 0.643. The maximum atomic E-state index is 6.99.